The summed E-state index contributed by atoms with van der Waals surface area (Å²) >= 11 is 0. The second-order valence-corrected chi connectivity index (χ2v) is 10.3. The number of carbonyl (C=O) groups is 2. The topological polar surface area (TPSA) is 101 Å². The number of nitrogens with two attached hydrogens (primary N) is 1. The molecular formula is C28H34N8O2. The molecule has 0 spiro atoms. The summed E-state index contributed by atoms with van der Waals surface area (Å²) in [7, 11) is 2.05. The fourth-order valence-corrected chi connectivity index (χ4v) is 5.92. The van der Waals surface area contributed by atoms with Gasteiger partial charge in [0.15, 0.2) is 5.78 Å². The van der Waals surface area contributed by atoms with E-state index in [9.17, 15) is 9.59 Å². The van der Waals surface area contributed by atoms with Crippen molar-refractivity contribution in [1.29, 1.82) is 0 Å². The fourth-order valence-electron chi connectivity index (χ4n) is 5.92. The highest BCUT2D eigenvalue weighted by Crippen LogP contribution is 2.49. The number of likely N-dealkylation sites (N-methyl/N-ethyl adjacent to an activating group) is 2. The van der Waals surface area contributed by atoms with E-state index in [-0.39, 0.29) is 5.78 Å². The smallest absolute Gasteiger partial charge is 0.334 e. The van der Waals surface area contributed by atoms with Gasteiger partial charge in [-0.15, -0.1) is 0 Å². The number of carbonyl (C=O) groups excluding carboxylic acids is 2. The molecule has 4 aliphatic rings. The molecule has 3 heterocycles. The Kier molecular flexibility index (Phi) is 6.46. The van der Waals surface area contributed by atoms with Gasteiger partial charge in [0.2, 0.25) is 0 Å². The fraction of sp³-hybridized carbons (Fsp3) is 0.429. The van der Waals surface area contributed by atoms with Gasteiger partial charge in [0.25, 0.3) is 0 Å². The third-order valence-electron chi connectivity index (χ3n) is 8.17. The molecule has 1 aliphatic carbocycles. The summed E-state index contributed by atoms with van der Waals surface area (Å²) in [4.78, 5) is 33.6. The van der Waals surface area contributed by atoms with Gasteiger partial charge < -0.3 is 20.4 Å². The summed E-state index contributed by atoms with van der Waals surface area (Å²) in [5.74, 6) is -0.138. The summed E-state index contributed by atoms with van der Waals surface area (Å²) in [5, 5.41) is 12.4. The number of fused-ring (bicyclic) bond motifs is 3. The van der Waals surface area contributed by atoms with E-state index in [1.54, 1.807) is 6.07 Å². The number of azo groups is 1. The van der Waals surface area contributed by atoms with E-state index < -0.39 is 12.1 Å². The lowest BCUT2D eigenvalue weighted by Gasteiger charge is -2.39. The number of anilines is 2. The number of ketones is 1. The van der Waals surface area contributed by atoms with Crippen molar-refractivity contribution in [2.75, 3.05) is 75.9 Å². The lowest BCUT2D eigenvalue weighted by molar-refractivity contribution is 0.103. The highest BCUT2D eigenvalue weighted by Gasteiger charge is 2.44. The maximum absolute atomic E-state index is 13.9. The lowest BCUT2D eigenvalue weighted by Crippen LogP contribution is -2.56. The third kappa shape index (κ3) is 4.18. The van der Waals surface area contributed by atoms with Gasteiger partial charge in [-0.05, 0) is 37.4 Å². The van der Waals surface area contributed by atoms with Crippen molar-refractivity contribution in [3.63, 3.8) is 0 Å². The SMILES string of the molecule is CCN1CCN(c2ccc(C3=C4C(=O)c5c(cccc5N(C(N)=O)N5CCN(C)CC5)C4N=N3)cc2)CC1. The molecular weight excluding hydrogens is 480 g/mol. The number of amides is 2. The Morgan fingerprint density at radius 2 is 1.71 bits per heavy atom. The number of hydrogen-bond acceptors (Lipinski definition) is 8. The van der Waals surface area contributed by atoms with Crippen molar-refractivity contribution < 1.29 is 9.59 Å². The Morgan fingerprint density at radius 1 is 1.00 bits per heavy atom. The molecule has 2 fully saturated rings. The molecule has 0 saturated carbocycles. The zero-order valence-corrected chi connectivity index (χ0v) is 22.0. The first-order valence-electron chi connectivity index (χ1n) is 13.4. The normalized spacial score (nSPS) is 22.2. The van der Waals surface area contributed by atoms with Crippen LogP contribution in [0.1, 0.15) is 34.5 Å². The van der Waals surface area contributed by atoms with Crippen LogP contribution in [-0.4, -0.2) is 92.6 Å². The summed E-state index contributed by atoms with van der Waals surface area (Å²) in [6.07, 6.45) is 0. The third-order valence-corrected chi connectivity index (χ3v) is 8.17. The van der Waals surface area contributed by atoms with Crippen LogP contribution in [0.5, 0.6) is 0 Å². The molecule has 0 aromatic heterocycles. The van der Waals surface area contributed by atoms with Crippen molar-refractivity contribution in [3.8, 4) is 0 Å². The number of hydrazine groups is 1. The monoisotopic (exact) mass is 514 g/mol. The van der Waals surface area contributed by atoms with E-state index in [4.69, 9.17) is 5.73 Å². The second kappa shape index (κ2) is 9.94. The van der Waals surface area contributed by atoms with Gasteiger partial charge in [-0.2, -0.15) is 10.2 Å². The van der Waals surface area contributed by atoms with E-state index in [1.807, 2.05) is 29.3 Å². The Hall–Kier alpha value is -3.60. The number of benzene rings is 2. The minimum absolute atomic E-state index is 0.138. The summed E-state index contributed by atoms with van der Waals surface area (Å²) in [6, 6.07) is 12.8. The molecule has 0 radical (unpaired) electrons. The zero-order chi connectivity index (χ0) is 26.4. The first-order chi connectivity index (χ1) is 18.5. The highest BCUT2D eigenvalue weighted by molar-refractivity contribution is 6.22. The molecule has 1 atom stereocenters. The molecule has 6 rings (SSSR count). The van der Waals surface area contributed by atoms with Crippen molar-refractivity contribution in [1.82, 2.24) is 14.8 Å². The van der Waals surface area contributed by atoms with Crippen LogP contribution in [-0.2, 0) is 0 Å². The molecule has 2 aromatic carbocycles. The number of piperazine rings is 2. The lowest BCUT2D eigenvalue weighted by atomic mass is 10.0. The van der Waals surface area contributed by atoms with E-state index in [0.717, 1.165) is 56.9 Å². The zero-order valence-electron chi connectivity index (χ0n) is 22.0. The molecule has 2 N–H and O–H groups in total. The Balaban J connectivity index is 1.30. The molecule has 3 aliphatic heterocycles. The van der Waals surface area contributed by atoms with Gasteiger partial charge in [0.05, 0.1) is 16.8 Å². The van der Waals surface area contributed by atoms with Gasteiger partial charge in [-0.3, -0.25) is 4.79 Å². The van der Waals surface area contributed by atoms with Crippen LogP contribution in [0.15, 0.2) is 58.3 Å². The molecule has 38 heavy (non-hydrogen) atoms. The van der Waals surface area contributed by atoms with Crippen molar-refractivity contribution >= 4 is 28.9 Å². The average molecular weight is 515 g/mol. The van der Waals surface area contributed by atoms with E-state index >= 15 is 0 Å². The van der Waals surface area contributed by atoms with Crippen LogP contribution < -0.4 is 15.6 Å². The molecule has 1 unspecified atom stereocenters. The van der Waals surface area contributed by atoms with Gasteiger partial charge in [-0.25, -0.2) is 14.8 Å². The standard InChI is InChI=1S/C28H34N8O2/c1-3-33-13-15-34(16-14-33)20-9-7-19(8-10-20)25-24-26(31-30-25)21-5-4-6-22(23(21)27(24)37)36(28(29)38)35-17-11-32(2)12-18-35/h4-10,26H,3,11-18H2,1-2H3,(H2,29,38). The van der Waals surface area contributed by atoms with Gasteiger partial charge in [0.1, 0.15) is 11.7 Å². The number of primary amides is 1. The number of rotatable bonds is 5. The van der Waals surface area contributed by atoms with Crippen molar-refractivity contribution in [2.24, 2.45) is 16.0 Å². The Labute approximate surface area is 222 Å². The molecule has 0 bridgehead atoms. The first kappa shape index (κ1) is 24.7. The minimum Gasteiger partial charge on any atom is -0.369 e. The minimum atomic E-state index is -0.598. The highest BCUT2D eigenvalue weighted by atomic mass is 16.2. The average Bonchev–Trinajstić information content (AvgIpc) is 3.50. The quantitative estimate of drug-likeness (QED) is 0.658. The number of urea groups is 1. The Morgan fingerprint density at radius 3 is 2.37 bits per heavy atom. The Bertz CT molecular complexity index is 1300. The molecule has 10 heteroatoms. The maximum atomic E-state index is 13.9. The van der Waals surface area contributed by atoms with Gasteiger partial charge in [-0.1, -0.05) is 31.2 Å². The number of nitrogens with zero attached hydrogens (tertiary/aromatic N) is 7. The summed E-state index contributed by atoms with van der Waals surface area (Å²) in [6.45, 7) is 10.3. The van der Waals surface area contributed by atoms with E-state index in [0.29, 0.717) is 35.6 Å². The number of Topliss-reactive ketones (excluding diaryl/α,β-unsaturated/α-hetero) is 1. The van der Waals surface area contributed by atoms with Crippen LogP contribution in [0.4, 0.5) is 16.2 Å². The molecule has 2 saturated heterocycles. The predicted octanol–water partition coefficient (Wildman–Crippen LogP) is 2.99. The second-order valence-electron chi connectivity index (χ2n) is 10.3. The molecule has 198 valence electrons. The van der Waals surface area contributed by atoms with Crippen LogP contribution in [0.25, 0.3) is 5.70 Å². The van der Waals surface area contributed by atoms with Crippen LogP contribution in [0.3, 0.4) is 0 Å². The number of hydrogen-bond donors (Lipinski definition) is 1. The molecule has 10 nitrogen and oxygen atoms in total. The van der Waals surface area contributed by atoms with Gasteiger partial charge in [0, 0.05) is 63.6 Å². The molecule has 2 amide bonds. The summed E-state index contributed by atoms with van der Waals surface area (Å²) < 4.78 is 0. The van der Waals surface area contributed by atoms with E-state index in [1.165, 1.54) is 10.7 Å². The molecule has 2 aromatic rings. The largest absolute Gasteiger partial charge is 0.369 e. The van der Waals surface area contributed by atoms with Gasteiger partial charge >= 0.3 is 6.03 Å². The summed E-state index contributed by atoms with van der Waals surface area (Å²) in [5.41, 5.74) is 10.9. The van der Waals surface area contributed by atoms with Crippen LogP contribution in [0, 0.1) is 0 Å². The van der Waals surface area contributed by atoms with Crippen LogP contribution in [0.2, 0.25) is 0 Å². The van der Waals surface area contributed by atoms with Crippen molar-refractivity contribution in [3.05, 3.63) is 64.7 Å². The maximum Gasteiger partial charge on any atom is 0.334 e. The van der Waals surface area contributed by atoms with Crippen molar-refractivity contribution in [2.45, 2.75) is 13.0 Å². The predicted molar refractivity (Wildman–Crippen MR) is 147 cm³/mol. The van der Waals surface area contributed by atoms with E-state index in [2.05, 4.69) is 51.0 Å². The first-order valence-corrected chi connectivity index (χ1v) is 13.4. The van der Waals surface area contributed by atoms with Crippen LogP contribution >= 0.6 is 0 Å².